The van der Waals surface area contributed by atoms with E-state index in [4.69, 9.17) is 9.07 Å². The quantitative estimate of drug-likeness (QED) is 0.248. The minimum Gasteiger partial charge on any atom is -0.456 e. The molecule has 1 fully saturated rings. The second-order valence-electron chi connectivity index (χ2n) is 10.8. The van der Waals surface area contributed by atoms with Crippen molar-refractivity contribution in [2.45, 2.75) is 48.4 Å². The van der Waals surface area contributed by atoms with Gasteiger partial charge in [-0.3, -0.25) is 0 Å². The van der Waals surface area contributed by atoms with Gasteiger partial charge >= 0.3 is 6.92 Å². The molecule has 2 aliphatic rings. The number of fused-ring (bicyclic) bond motifs is 6. The zero-order valence-electron chi connectivity index (χ0n) is 20.2. The van der Waals surface area contributed by atoms with Gasteiger partial charge in [0.25, 0.3) is 0 Å². The Bertz CT molecular complexity index is 1710. The standard InChI is InChI=1S/C30H25BO3S/c1-29(2)30(3,4)34-31(29)20-11-13-23-22-12-9-19(16-27(22)35(32)28(23)17-20)18-10-14-26-24(15-18)21-7-5-6-8-25(21)33-26/h5-17H,1-4H3. The highest BCUT2D eigenvalue weighted by atomic mass is 32.2. The predicted molar refractivity (Wildman–Crippen MR) is 144 cm³/mol. The number of para-hydroxylation sites is 1. The summed E-state index contributed by atoms with van der Waals surface area (Å²) in [6.07, 6.45) is 0. The fourth-order valence-corrected chi connectivity index (χ4v) is 6.99. The Kier molecular flexibility index (Phi) is 4.21. The summed E-state index contributed by atoms with van der Waals surface area (Å²) in [7, 11) is -1.22. The lowest BCUT2D eigenvalue weighted by Gasteiger charge is -2.57. The van der Waals surface area contributed by atoms with E-state index in [1.165, 1.54) is 0 Å². The van der Waals surface area contributed by atoms with Crippen molar-refractivity contribution in [3.8, 4) is 22.3 Å². The fraction of sp³-hybridized carbons (Fsp3) is 0.200. The van der Waals surface area contributed by atoms with Crippen molar-refractivity contribution in [1.82, 2.24) is 0 Å². The molecule has 2 aliphatic heterocycles. The molecule has 1 saturated heterocycles. The van der Waals surface area contributed by atoms with Crippen LogP contribution in [0.15, 0.2) is 93.1 Å². The van der Waals surface area contributed by atoms with E-state index in [0.717, 1.165) is 59.4 Å². The first-order chi connectivity index (χ1) is 16.7. The molecule has 3 heterocycles. The highest BCUT2D eigenvalue weighted by Gasteiger charge is 2.59. The maximum atomic E-state index is 13.6. The Morgan fingerprint density at radius 2 is 1.37 bits per heavy atom. The number of hydrogen-bond donors (Lipinski definition) is 0. The Labute approximate surface area is 207 Å². The Morgan fingerprint density at radius 1 is 0.714 bits per heavy atom. The average molecular weight is 476 g/mol. The van der Waals surface area contributed by atoms with Gasteiger partial charge in [0.1, 0.15) is 11.2 Å². The smallest absolute Gasteiger partial charge is 0.335 e. The number of rotatable bonds is 2. The van der Waals surface area contributed by atoms with E-state index in [-0.39, 0.29) is 17.8 Å². The summed E-state index contributed by atoms with van der Waals surface area (Å²) < 4.78 is 25.9. The molecule has 5 heteroatoms. The molecule has 0 N–H and O–H groups in total. The molecule has 1 aromatic heterocycles. The molecule has 35 heavy (non-hydrogen) atoms. The van der Waals surface area contributed by atoms with Gasteiger partial charge in [0, 0.05) is 21.7 Å². The third kappa shape index (κ3) is 2.86. The summed E-state index contributed by atoms with van der Waals surface area (Å²) in [5.41, 5.74) is 6.96. The van der Waals surface area contributed by atoms with Crippen molar-refractivity contribution in [1.29, 1.82) is 0 Å². The molecule has 0 bridgehead atoms. The molecule has 172 valence electrons. The second kappa shape index (κ2) is 6.96. The summed E-state index contributed by atoms with van der Waals surface area (Å²) >= 11 is 0. The Hall–Kier alpha value is -3.15. The Morgan fingerprint density at radius 3 is 2.14 bits per heavy atom. The SMILES string of the molecule is CC1(C)OB(c2ccc3c(c2)S(=O)c2cc(-c4ccc5oc6ccccc6c5c4)ccc2-3)C1(C)C. The van der Waals surface area contributed by atoms with Crippen LogP contribution in [0.3, 0.4) is 0 Å². The molecule has 7 rings (SSSR count). The van der Waals surface area contributed by atoms with Crippen LogP contribution in [0.4, 0.5) is 0 Å². The minimum absolute atomic E-state index is 0.00980. The molecule has 0 spiro atoms. The van der Waals surface area contributed by atoms with Crippen molar-refractivity contribution in [3.05, 3.63) is 78.9 Å². The van der Waals surface area contributed by atoms with Gasteiger partial charge < -0.3 is 9.07 Å². The van der Waals surface area contributed by atoms with Crippen LogP contribution >= 0.6 is 0 Å². The van der Waals surface area contributed by atoms with Gasteiger partial charge in [0.05, 0.1) is 20.6 Å². The van der Waals surface area contributed by atoms with Crippen LogP contribution in [0, 0.1) is 0 Å². The summed E-state index contributed by atoms with van der Waals surface area (Å²) in [6, 6.07) is 27.0. The summed E-state index contributed by atoms with van der Waals surface area (Å²) in [6.45, 7) is 8.76. The summed E-state index contributed by atoms with van der Waals surface area (Å²) in [4.78, 5) is 1.76. The third-order valence-corrected chi connectivity index (χ3v) is 9.78. The van der Waals surface area contributed by atoms with E-state index in [1.54, 1.807) is 0 Å². The molecular formula is C30H25BO3S. The van der Waals surface area contributed by atoms with Crippen LogP contribution in [0.1, 0.15) is 27.7 Å². The van der Waals surface area contributed by atoms with Crippen LogP contribution < -0.4 is 5.46 Å². The molecule has 0 saturated carbocycles. The topological polar surface area (TPSA) is 39.4 Å². The third-order valence-electron chi connectivity index (χ3n) is 8.31. The molecule has 5 aromatic rings. The van der Waals surface area contributed by atoms with E-state index < -0.39 is 10.8 Å². The molecule has 0 radical (unpaired) electrons. The highest BCUT2D eigenvalue weighted by Crippen LogP contribution is 2.53. The fourth-order valence-electron chi connectivity index (χ4n) is 5.52. The second-order valence-corrected chi connectivity index (χ2v) is 12.2. The van der Waals surface area contributed by atoms with Gasteiger partial charge in [-0.25, -0.2) is 4.21 Å². The van der Waals surface area contributed by atoms with Crippen LogP contribution in [-0.2, 0) is 15.5 Å². The number of benzene rings is 4. The van der Waals surface area contributed by atoms with E-state index in [1.807, 2.05) is 24.3 Å². The molecule has 1 atom stereocenters. The lowest BCUT2D eigenvalue weighted by Crippen LogP contribution is -2.66. The van der Waals surface area contributed by atoms with Crippen molar-refractivity contribution in [2.75, 3.05) is 0 Å². The maximum Gasteiger partial charge on any atom is 0.335 e. The van der Waals surface area contributed by atoms with Crippen LogP contribution in [0.2, 0.25) is 5.31 Å². The predicted octanol–water partition coefficient (Wildman–Crippen LogP) is 7.19. The van der Waals surface area contributed by atoms with Crippen LogP contribution in [0.5, 0.6) is 0 Å². The van der Waals surface area contributed by atoms with Gasteiger partial charge in [0.15, 0.2) is 0 Å². The van der Waals surface area contributed by atoms with Gasteiger partial charge in [0.2, 0.25) is 0 Å². The first-order valence-electron chi connectivity index (χ1n) is 12.0. The van der Waals surface area contributed by atoms with Gasteiger partial charge in [-0.05, 0) is 71.9 Å². The lowest BCUT2D eigenvalue weighted by atomic mass is 9.33. The number of furan rings is 1. The van der Waals surface area contributed by atoms with E-state index in [9.17, 15) is 4.21 Å². The van der Waals surface area contributed by atoms with Crippen molar-refractivity contribution in [3.63, 3.8) is 0 Å². The normalized spacial score (nSPS) is 19.5. The average Bonchev–Trinajstić information content (AvgIpc) is 3.37. The van der Waals surface area contributed by atoms with Gasteiger partial charge in [-0.2, -0.15) is 0 Å². The van der Waals surface area contributed by atoms with Crippen LogP contribution in [0.25, 0.3) is 44.2 Å². The van der Waals surface area contributed by atoms with Gasteiger partial charge in [-0.15, -0.1) is 0 Å². The first-order valence-corrected chi connectivity index (χ1v) is 13.2. The van der Waals surface area contributed by atoms with E-state index in [2.05, 4.69) is 82.3 Å². The number of hydrogen-bond acceptors (Lipinski definition) is 3. The maximum absolute atomic E-state index is 13.6. The van der Waals surface area contributed by atoms with E-state index in [0.29, 0.717) is 0 Å². The molecular weight excluding hydrogens is 451 g/mol. The zero-order valence-corrected chi connectivity index (χ0v) is 21.0. The van der Waals surface area contributed by atoms with Crippen molar-refractivity contribution >= 4 is 45.1 Å². The molecule has 3 nitrogen and oxygen atoms in total. The lowest BCUT2D eigenvalue weighted by molar-refractivity contribution is -0.00941. The largest absolute Gasteiger partial charge is 0.456 e. The summed E-state index contributed by atoms with van der Waals surface area (Å²) in [5.74, 6) is 0. The summed E-state index contributed by atoms with van der Waals surface area (Å²) in [5, 5.41) is 2.22. The highest BCUT2D eigenvalue weighted by molar-refractivity contribution is 7.85. The molecule has 4 aromatic carbocycles. The zero-order chi connectivity index (χ0) is 24.1. The minimum atomic E-state index is -1.22. The molecule has 1 unspecified atom stereocenters. The van der Waals surface area contributed by atoms with Gasteiger partial charge in [-0.1, -0.05) is 62.4 Å². The molecule has 0 aliphatic carbocycles. The first kappa shape index (κ1) is 21.2. The van der Waals surface area contributed by atoms with Crippen LogP contribution in [-0.4, -0.2) is 16.7 Å². The van der Waals surface area contributed by atoms with Crippen molar-refractivity contribution < 1.29 is 13.3 Å². The monoisotopic (exact) mass is 476 g/mol. The van der Waals surface area contributed by atoms with Crippen molar-refractivity contribution in [2.24, 2.45) is 0 Å². The molecule has 0 amide bonds. The van der Waals surface area contributed by atoms with E-state index >= 15 is 0 Å². The Balaban J connectivity index is 1.28.